The Morgan fingerprint density at radius 2 is 2.00 bits per heavy atom. The molecule has 1 heterocycles. The summed E-state index contributed by atoms with van der Waals surface area (Å²) in [6, 6.07) is 6.01. The van der Waals surface area contributed by atoms with Crippen molar-refractivity contribution in [3.05, 3.63) is 36.0 Å². The number of carbonyl (C=O) groups is 2. The highest BCUT2D eigenvalue weighted by atomic mass is 32.1. The second kappa shape index (κ2) is 6.62. The van der Waals surface area contributed by atoms with Gasteiger partial charge in [-0.25, -0.2) is 9.59 Å². The fourth-order valence-corrected chi connectivity index (χ4v) is 1.82. The molecule has 7 nitrogen and oxygen atoms in total. The Morgan fingerprint density at radius 3 is 2.60 bits per heavy atom. The highest BCUT2D eigenvalue weighted by Crippen LogP contribution is 2.13. The van der Waals surface area contributed by atoms with E-state index in [1.165, 1.54) is 6.20 Å². The lowest BCUT2D eigenvalue weighted by molar-refractivity contribution is 0.0526. The van der Waals surface area contributed by atoms with Crippen molar-refractivity contribution in [2.45, 2.75) is 6.92 Å². The lowest BCUT2D eigenvalue weighted by atomic mass is 10.2. The van der Waals surface area contributed by atoms with Crippen LogP contribution in [0.2, 0.25) is 0 Å². The molecule has 0 saturated carbocycles. The Morgan fingerprint density at radius 1 is 1.25 bits per heavy atom. The van der Waals surface area contributed by atoms with Crippen LogP contribution < -0.4 is 10.6 Å². The molecular weight excluding hydrogens is 280 g/mol. The van der Waals surface area contributed by atoms with Gasteiger partial charge in [-0.2, -0.15) is 0 Å². The largest absolute Gasteiger partial charge is 0.462 e. The summed E-state index contributed by atoms with van der Waals surface area (Å²) in [6.07, 6.45) is 1.45. The lowest BCUT2D eigenvalue weighted by Gasteiger charge is -2.06. The minimum absolute atomic E-state index is 0.324. The molecule has 20 heavy (non-hydrogen) atoms. The Bertz CT molecular complexity index is 583. The summed E-state index contributed by atoms with van der Waals surface area (Å²) in [5.41, 5.74) is 0.998. The minimum Gasteiger partial charge on any atom is -0.462 e. The number of aromatic nitrogens is 2. The van der Waals surface area contributed by atoms with Crippen LogP contribution >= 0.6 is 11.5 Å². The summed E-state index contributed by atoms with van der Waals surface area (Å²) >= 11 is 1.08. The van der Waals surface area contributed by atoms with Gasteiger partial charge in [-0.05, 0) is 31.2 Å². The van der Waals surface area contributed by atoms with Crippen LogP contribution in [0.25, 0.3) is 0 Å². The van der Waals surface area contributed by atoms with Gasteiger partial charge < -0.3 is 10.1 Å². The maximum atomic E-state index is 11.6. The van der Waals surface area contributed by atoms with Crippen molar-refractivity contribution in [2.75, 3.05) is 17.2 Å². The molecule has 0 fully saturated rings. The van der Waals surface area contributed by atoms with Gasteiger partial charge >= 0.3 is 12.0 Å². The Kier molecular flexibility index (Phi) is 4.61. The monoisotopic (exact) mass is 292 g/mol. The van der Waals surface area contributed by atoms with Crippen molar-refractivity contribution in [3.63, 3.8) is 0 Å². The van der Waals surface area contributed by atoms with Gasteiger partial charge in [0, 0.05) is 17.2 Å². The molecule has 0 radical (unpaired) electrons. The fraction of sp³-hybridized carbons (Fsp3) is 0.167. The van der Waals surface area contributed by atoms with Crippen molar-refractivity contribution in [1.82, 2.24) is 9.59 Å². The third-order valence-corrected chi connectivity index (χ3v) is 2.83. The van der Waals surface area contributed by atoms with E-state index in [0.29, 0.717) is 22.9 Å². The van der Waals surface area contributed by atoms with E-state index in [0.717, 1.165) is 11.5 Å². The zero-order valence-corrected chi connectivity index (χ0v) is 11.4. The maximum Gasteiger partial charge on any atom is 0.338 e. The number of ether oxygens (including phenoxy) is 1. The first-order valence-corrected chi connectivity index (χ1v) is 6.59. The van der Waals surface area contributed by atoms with Gasteiger partial charge in [0.15, 0.2) is 0 Å². The standard InChI is InChI=1S/C12H12N4O3S/c1-2-19-11(17)8-3-5-9(6-4-8)14-12(18)15-10-7-13-16-20-10/h3-7H,2H2,1H3,(H2,14,15,18). The molecule has 0 spiro atoms. The van der Waals surface area contributed by atoms with Crippen LogP contribution in [0, 0.1) is 0 Å². The van der Waals surface area contributed by atoms with E-state index >= 15 is 0 Å². The van der Waals surface area contributed by atoms with Crippen LogP contribution in [0.4, 0.5) is 15.5 Å². The molecular formula is C12H12N4O3S. The molecule has 104 valence electrons. The predicted octanol–water partition coefficient (Wildman–Crippen LogP) is 2.36. The van der Waals surface area contributed by atoms with Crippen LogP contribution in [-0.2, 0) is 4.74 Å². The van der Waals surface area contributed by atoms with E-state index in [4.69, 9.17) is 4.74 Å². The quantitative estimate of drug-likeness (QED) is 0.844. The highest BCUT2D eigenvalue weighted by Gasteiger charge is 2.07. The van der Waals surface area contributed by atoms with Crippen molar-refractivity contribution in [3.8, 4) is 0 Å². The molecule has 0 aliphatic heterocycles. The number of nitrogens with zero attached hydrogens (tertiary/aromatic N) is 2. The topological polar surface area (TPSA) is 93.2 Å². The van der Waals surface area contributed by atoms with Crippen molar-refractivity contribution in [2.24, 2.45) is 0 Å². The number of urea groups is 1. The summed E-state index contributed by atoms with van der Waals surface area (Å²) in [7, 11) is 0. The number of hydrogen-bond acceptors (Lipinski definition) is 6. The molecule has 1 aromatic carbocycles. The molecule has 8 heteroatoms. The number of nitrogens with one attached hydrogen (secondary N) is 2. The van der Waals surface area contributed by atoms with E-state index in [2.05, 4.69) is 20.2 Å². The molecule has 0 saturated heterocycles. The van der Waals surface area contributed by atoms with Crippen molar-refractivity contribution < 1.29 is 14.3 Å². The summed E-state index contributed by atoms with van der Waals surface area (Å²) < 4.78 is 8.50. The van der Waals surface area contributed by atoms with Crippen LogP contribution in [0.5, 0.6) is 0 Å². The van der Waals surface area contributed by atoms with Gasteiger partial charge in [-0.3, -0.25) is 5.32 Å². The van der Waals surface area contributed by atoms with E-state index in [9.17, 15) is 9.59 Å². The van der Waals surface area contributed by atoms with Crippen LogP contribution in [-0.4, -0.2) is 28.2 Å². The normalized spacial score (nSPS) is 9.85. The minimum atomic E-state index is -0.403. The lowest BCUT2D eigenvalue weighted by Crippen LogP contribution is -2.18. The van der Waals surface area contributed by atoms with E-state index in [1.54, 1.807) is 31.2 Å². The zero-order valence-electron chi connectivity index (χ0n) is 10.6. The molecule has 0 aliphatic carbocycles. The van der Waals surface area contributed by atoms with Gasteiger partial charge in [0.1, 0.15) is 5.00 Å². The van der Waals surface area contributed by atoms with Crippen LogP contribution in [0.3, 0.4) is 0 Å². The molecule has 2 rings (SSSR count). The average Bonchev–Trinajstić information content (AvgIpc) is 2.92. The van der Waals surface area contributed by atoms with Gasteiger partial charge in [0.2, 0.25) is 0 Å². The average molecular weight is 292 g/mol. The molecule has 0 bridgehead atoms. The number of amides is 2. The van der Waals surface area contributed by atoms with Crippen LogP contribution in [0.15, 0.2) is 30.5 Å². The molecule has 0 unspecified atom stereocenters. The van der Waals surface area contributed by atoms with Gasteiger partial charge in [0.05, 0.1) is 18.4 Å². The van der Waals surface area contributed by atoms with Crippen LogP contribution in [0.1, 0.15) is 17.3 Å². The first-order valence-electron chi connectivity index (χ1n) is 5.81. The van der Waals surface area contributed by atoms with Gasteiger partial charge in [-0.15, -0.1) is 5.10 Å². The fourth-order valence-electron chi connectivity index (χ4n) is 1.40. The zero-order chi connectivity index (χ0) is 14.4. The number of anilines is 2. The molecule has 0 aliphatic rings. The summed E-state index contributed by atoms with van der Waals surface area (Å²) in [5, 5.41) is 9.36. The summed E-state index contributed by atoms with van der Waals surface area (Å²) in [5.74, 6) is -0.390. The first kappa shape index (κ1) is 13.9. The number of hydrogen-bond donors (Lipinski definition) is 2. The predicted molar refractivity (Wildman–Crippen MR) is 74.9 cm³/mol. The molecule has 2 N–H and O–H groups in total. The molecule has 2 amide bonds. The highest BCUT2D eigenvalue weighted by molar-refractivity contribution is 7.10. The van der Waals surface area contributed by atoms with Gasteiger partial charge in [0.25, 0.3) is 0 Å². The number of benzene rings is 1. The summed E-state index contributed by atoms with van der Waals surface area (Å²) in [4.78, 5) is 23.1. The van der Waals surface area contributed by atoms with Gasteiger partial charge in [-0.1, -0.05) is 4.49 Å². The molecule has 1 aromatic heterocycles. The third kappa shape index (κ3) is 3.75. The molecule has 0 atom stereocenters. The van der Waals surface area contributed by atoms with E-state index in [1.807, 2.05) is 0 Å². The number of esters is 1. The number of carbonyl (C=O) groups excluding carboxylic acids is 2. The SMILES string of the molecule is CCOC(=O)c1ccc(NC(=O)Nc2cnns2)cc1. The Balaban J connectivity index is 1.93. The van der Waals surface area contributed by atoms with E-state index < -0.39 is 6.03 Å². The Labute approximate surface area is 119 Å². The Hall–Kier alpha value is -2.48. The maximum absolute atomic E-state index is 11.6. The summed E-state index contributed by atoms with van der Waals surface area (Å²) in [6.45, 7) is 2.07. The smallest absolute Gasteiger partial charge is 0.338 e. The van der Waals surface area contributed by atoms with Crippen molar-refractivity contribution in [1.29, 1.82) is 0 Å². The second-order valence-corrected chi connectivity index (χ2v) is 4.44. The third-order valence-electron chi connectivity index (χ3n) is 2.25. The second-order valence-electron chi connectivity index (χ2n) is 3.66. The van der Waals surface area contributed by atoms with Crippen molar-refractivity contribution >= 4 is 34.2 Å². The first-order chi connectivity index (χ1) is 9.69. The number of rotatable bonds is 4. The van der Waals surface area contributed by atoms with E-state index in [-0.39, 0.29) is 5.97 Å². The molecule has 2 aromatic rings.